The third kappa shape index (κ3) is 2.67. The Bertz CT molecular complexity index is 804. The van der Waals surface area contributed by atoms with Crippen LogP contribution in [0.4, 0.5) is 18.9 Å². The predicted octanol–water partition coefficient (Wildman–Crippen LogP) is 5.31. The van der Waals surface area contributed by atoms with Gasteiger partial charge in [0.2, 0.25) is 0 Å². The first-order valence-electron chi connectivity index (χ1n) is 6.02. The molecule has 106 valence electrons. The van der Waals surface area contributed by atoms with Crippen LogP contribution in [0.3, 0.4) is 0 Å². The molecule has 0 aliphatic rings. The van der Waals surface area contributed by atoms with E-state index in [1.807, 2.05) is 12.1 Å². The Labute approximate surface area is 122 Å². The van der Waals surface area contributed by atoms with E-state index in [4.69, 9.17) is 0 Å². The van der Waals surface area contributed by atoms with Crippen LogP contribution in [0.2, 0.25) is 0 Å². The Morgan fingerprint density at radius 1 is 1.05 bits per heavy atom. The molecule has 0 unspecified atom stereocenters. The summed E-state index contributed by atoms with van der Waals surface area (Å²) in [5.41, 5.74) is 1.49. The number of halogens is 3. The number of nitrogens with zero attached hydrogens (tertiary/aromatic N) is 2. The van der Waals surface area contributed by atoms with Crippen LogP contribution >= 0.6 is 11.3 Å². The van der Waals surface area contributed by atoms with Crippen molar-refractivity contribution >= 4 is 34.0 Å². The summed E-state index contributed by atoms with van der Waals surface area (Å²) >= 11 is 1.24. The summed E-state index contributed by atoms with van der Waals surface area (Å²) in [6.45, 7) is 3.43. The van der Waals surface area contributed by atoms with Crippen LogP contribution < -0.4 is 0 Å². The van der Waals surface area contributed by atoms with E-state index in [0.29, 0.717) is 15.2 Å². The minimum atomic E-state index is -4.34. The molecule has 0 saturated carbocycles. The summed E-state index contributed by atoms with van der Waals surface area (Å²) in [4.78, 5) is 8.16. The van der Waals surface area contributed by atoms with Gasteiger partial charge in [0.25, 0.3) is 0 Å². The number of alkyl halides is 3. The van der Waals surface area contributed by atoms with Crippen molar-refractivity contribution in [2.75, 3.05) is 0 Å². The maximum atomic E-state index is 12.7. The molecule has 0 N–H and O–H groups in total. The number of hydrogen-bond acceptors (Lipinski definition) is 3. The van der Waals surface area contributed by atoms with Crippen molar-refractivity contribution in [3.05, 3.63) is 48.0 Å². The fourth-order valence-corrected chi connectivity index (χ4v) is 2.94. The third-order valence-electron chi connectivity index (χ3n) is 3.01. The molecule has 2 aromatic carbocycles. The lowest BCUT2D eigenvalue weighted by atomic mass is 10.2. The molecule has 3 rings (SSSR count). The number of hydrogen-bond donors (Lipinski definition) is 0. The summed E-state index contributed by atoms with van der Waals surface area (Å²) < 4.78 is 38.6. The highest BCUT2D eigenvalue weighted by atomic mass is 32.1. The van der Waals surface area contributed by atoms with Crippen LogP contribution in [0.1, 0.15) is 5.56 Å². The summed E-state index contributed by atoms with van der Waals surface area (Å²) in [6.07, 6.45) is -4.34. The smallest absolute Gasteiger partial charge is 0.265 e. The quantitative estimate of drug-likeness (QED) is 0.589. The van der Waals surface area contributed by atoms with Crippen LogP contribution in [0.5, 0.6) is 0 Å². The van der Waals surface area contributed by atoms with Gasteiger partial charge in [-0.2, -0.15) is 13.2 Å². The van der Waals surface area contributed by atoms with Gasteiger partial charge in [0.05, 0.1) is 21.5 Å². The Hall–Kier alpha value is -2.21. The van der Waals surface area contributed by atoms with Crippen LogP contribution in [0.25, 0.3) is 20.8 Å². The number of aliphatic imine (C=N–C) groups is 1. The molecular formula is C15H9F3N2S. The molecule has 0 aliphatic heterocycles. The monoisotopic (exact) mass is 306 g/mol. The van der Waals surface area contributed by atoms with E-state index in [0.717, 1.165) is 23.4 Å². The van der Waals surface area contributed by atoms with Crippen LogP contribution in [-0.4, -0.2) is 11.7 Å². The zero-order valence-corrected chi connectivity index (χ0v) is 11.5. The second-order valence-electron chi connectivity index (χ2n) is 4.40. The molecule has 2 nitrogen and oxygen atoms in total. The number of benzene rings is 2. The molecule has 1 heterocycles. The van der Waals surface area contributed by atoms with Gasteiger partial charge in [-0.3, -0.25) is 4.99 Å². The van der Waals surface area contributed by atoms with Gasteiger partial charge in [0, 0.05) is 5.56 Å². The molecular weight excluding hydrogens is 297 g/mol. The molecule has 0 aliphatic carbocycles. The van der Waals surface area contributed by atoms with E-state index in [-0.39, 0.29) is 0 Å². The molecule has 0 bridgehead atoms. The van der Waals surface area contributed by atoms with Gasteiger partial charge in [-0.15, -0.1) is 11.3 Å². The fourth-order valence-electron chi connectivity index (χ4n) is 1.93. The number of thiazole rings is 1. The summed E-state index contributed by atoms with van der Waals surface area (Å²) in [6, 6.07) is 10.8. The van der Waals surface area contributed by atoms with Crippen LogP contribution in [0, 0.1) is 0 Å². The van der Waals surface area contributed by atoms with Gasteiger partial charge in [0.15, 0.2) is 0 Å². The zero-order chi connectivity index (χ0) is 15.0. The van der Waals surface area contributed by atoms with Crippen molar-refractivity contribution in [2.24, 2.45) is 4.99 Å². The first-order chi connectivity index (χ1) is 9.97. The maximum Gasteiger partial charge on any atom is 0.416 e. The SMILES string of the molecule is C=Nc1ccc(-c2nc3ccc(C(F)(F)F)cc3s2)cc1. The number of rotatable bonds is 2. The van der Waals surface area contributed by atoms with Gasteiger partial charge >= 0.3 is 6.18 Å². The molecule has 0 atom stereocenters. The van der Waals surface area contributed by atoms with E-state index in [1.54, 1.807) is 12.1 Å². The number of aromatic nitrogens is 1. The highest BCUT2D eigenvalue weighted by Crippen LogP contribution is 2.35. The lowest BCUT2D eigenvalue weighted by molar-refractivity contribution is -0.137. The van der Waals surface area contributed by atoms with Crippen molar-refractivity contribution in [2.45, 2.75) is 6.18 Å². The highest BCUT2D eigenvalue weighted by molar-refractivity contribution is 7.21. The highest BCUT2D eigenvalue weighted by Gasteiger charge is 2.30. The standard InChI is InChI=1S/C15H9F3N2S/c1-19-11-5-2-9(3-6-11)14-20-12-7-4-10(15(16,17)18)8-13(12)21-14/h2-8H,1H2. The molecule has 0 fully saturated rings. The van der Waals surface area contributed by atoms with Gasteiger partial charge in [0.1, 0.15) is 5.01 Å². The molecule has 1 aromatic heterocycles. The first-order valence-corrected chi connectivity index (χ1v) is 6.84. The minimum Gasteiger partial charge on any atom is -0.265 e. The Kier molecular flexibility index (Phi) is 3.25. The molecule has 0 saturated heterocycles. The second kappa shape index (κ2) is 4.96. The molecule has 3 aromatic rings. The third-order valence-corrected chi connectivity index (χ3v) is 4.08. The largest absolute Gasteiger partial charge is 0.416 e. The molecule has 21 heavy (non-hydrogen) atoms. The van der Waals surface area contributed by atoms with Gasteiger partial charge in [-0.1, -0.05) is 0 Å². The van der Waals surface area contributed by atoms with Crippen LogP contribution in [0.15, 0.2) is 47.5 Å². The van der Waals surface area contributed by atoms with Crippen molar-refractivity contribution < 1.29 is 13.2 Å². The van der Waals surface area contributed by atoms with Crippen molar-refractivity contribution in [3.8, 4) is 10.6 Å². The molecule has 0 amide bonds. The fraction of sp³-hybridized carbons (Fsp3) is 0.0667. The van der Waals surface area contributed by atoms with Crippen molar-refractivity contribution in [1.29, 1.82) is 0 Å². The first kappa shape index (κ1) is 13.8. The van der Waals surface area contributed by atoms with E-state index in [9.17, 15) is 13.2 Å². The topological polar surface area (TPSA) is 25.2 Å². The van der Waals surface area contributed by atoms with E-state index in [1.165, 1.54) is 17.4 Å². The minimum absolute atomic E-state index is 0.519. The van der Waals surface area contributed by atoms with Gasteiger partial charge < -0.3 is 0 Å². The van der Waals surface area contributed by atoms with E-state index < -0.39 is 11.7 Å². The lowest BCUT2D eigenvalue weighted by Gasteiger charge is -2.04. The number of fused-ring (bicyclic) bond motifs is 1. The second-order valence-corrected chi connectivity index (χ2v) is 5.43. The molecule has 6 heteroatoms. The molecule has 0 spiro atoms. The molecule has 0 radical (unpaired) electrons. The van der Waals surface area contributed by atoms with Crippen LogP contribution in [-0.2, 0) is 6.18 Å². The summed E-state index contributed by atoms with van der Waals surface area (Å²) in [7, 11) is 0. The van der Waals surface area contributed by atoms with Crippen molar-refractivity contribution in [1.82, 2.24) is 4.98 Å². The summed E-state index contributed by atoms with van der Waals surface area (Å²) in [5, 5.41) is 0.680. The van der Waals surface area contributed by atoms with Crippen molar-refractivity contribution in [3.63, 3.8) is 0 Å². The Morgan fingerprint density at radius 2 is 1.76 bits per heavy atom. The summed E-state index contributed by atoms with van der Waals surface area (Å²) in [5.74, 6) is 0. The normalized spacial score (nSPS) is 11.8. The predicted molar refractivity (Wildman–Crippen MR) is 79.3 cm³/mol. The Morgan fingerprint density at radius 3 is 2.38 bits per heavy atom. The average molecular weight is 306 g/mol. The van der Waals surface area contributed by atoms with Gasteiger partial charge in [-0.05, 0) is 49.2 Å². The zero-order valence-electron chi connectivity index (χ0n) is 10.7. The van der Waals surface area contributed by atoms with E-state index in [2.05, 4.69) is 16.7 Å². The maximum absolute atomic E-state index is 12.7. The average Bonchev–Trinajstić information content (AvgIpc) is 2.89. The van der Waals surface area contributed by atoms with E-state index >= 15 is 0 Å². The Balaban J connectivity index is 2.05. The van der Waals surface area contributed by atoms with Gasteiger partial charge in [-0.25, -0.2) is 4.98 Å². The lowest BCUT2D eigenvalue weighted by Crippen LogP contribution is -2.03.